The molecule has 2 amide bonds. The maximum absolute atomic E-state index is 12.2. The van der Waals surface area contributed by atoms with Crippen molar-refractivity contribution in [2.24, 2.45) is 23.3 Å². The van der Waals surface area contributed by atoms with Crippen molar-refractivity contribution < 1.29 is 28.7 Å². The Bertz CT molecular complexity index is 1030. The molecule has 0 aliphatic carbocycles. The van der Waals surface area contributed by atoms with Crippen molar-refractivity contribution in [3.63, 3.8) is 0 Å². The lowest BCUT2D eigenvalue weighted by molar-refractivity contribution is -0.146. The number of hydrogen-bond donors (Lipinski definition) is 2. The summed E-state index contributed by atoms with van der Waals surface area (Å²) in [5, 5.41) is 0. The molecule has 10 nitrogen and oxygen atoms in total. The molecule has 0 bridgehead atoms. The summed E-state index contributed by atoms with van der Waals surface area (Å²) in [6.45, 7) is 13.1. The van der Waals surface area contributed by atoms with Crippen LogP contribution in [0, 0.1) is 11.8 Å². The van der Waals surface area contributed by atoms with E-state index in [-0.39, 0.29) is 31.0 Å². The van der Waals surface area contributed by atoms with E-state index in [0.29, 0.717) is 19.5 Å². The van der Waals surface area contributed by atoms with E-state index in [2.05, 4.69) is 0 Å². The van der Waals surface area contributed by atoms with Crippen LogP contribution in [0.5, 0.6) is 0 Å². The first-order chi connectivity index (χ1) is 23.4. The number of hydrogen-bond acceptors (Lipinski definition) is 12. The van der Waals surface area contributed by atoms with E-state index in [4.69, 9.17) is 20.9 Å². The van der Waals surface area contributed by atoms with Gasteiger partial charge in [-0.3, -0.25) is 19.2 Å². The van der Waals surface area contributed by atoms with Crippen LogP contribution in [0.1, 0.15) is 112 Å². The summed E-state index contributed by atoms with van der Waals surface area (Å²) in [7, 11) is 6.25. The molecule has 0 aromatic heterocycles. The van der Waals surface area contributed by atoms with Gasteiger partial charge >= 0.3 is 11.9 Å². The van der Waals surface area contributed by atoms with Crippen LogP contribution in [-0.4, -0.2) is 85.5 Å². The van der Waals surface area contributed by atoms with Crippen molar-refractivity contribution in [3.05, 3.63) is 21.2 Å². The fraction of sp³-hybridized carbons (Fsp3) is 0.771. The number of carbonyl (C=O) groups excluding carboxylic acids is 4. The van der Waals surface area contributed by atoms with Crippen LogP contribution < -0.4 is 11.5 Å². The first kappa shape index (κ1) is 47.7. The summed E-state index contributed by atoms with van der Waals surface area (Å²) in [5.41, 5.74) is 13.5. The number of rotatable bonds is 30. The summed E-state index contributed by atoms with van der Waals surface area (Å²) >= 11 is 0. The third-order valence-corrected chi connectivity index (χ3v) is 12.1. The molecule has 0 aliphatic heterocycles. The van der Waals surface area contributed by atoms with Crippen LogP contribution in [-0.2, 0) is 28.7 Å². The maximum atomic E-state index is 12.2. The molecule has 0 aromatic carbocycles. The highest BCUT2D eigenvalue weighted by Gasteiger charge is 2.21. The highest BCUT2D eigenvalue weighted by molar-refractivity contribution is 8.78. The predicted octanol–water partition coefficient (Wildman–Crippen LogP) is 7.73. The van der Waals surface area contributed by atoms with Crippen molar-refractivity contribution in [2.45, 2.75) is 124 Å². The van der Waals surface area contributed by atoms with Crippen LogP contribution in [0.15, 0.2) is 21.2 Å². The summed E-state index contributed by atoms with van der Waals surface area (Å²) in [6, 6.07) is -1.29. The molecule has 0 saturated carbocycles. The lowest BCUT2D eigenvalue weighted by Gasteiger charge is -2.22. The fourth-order valence-electron chi connectivity index (χ4n) is 4.69. The first-order valence-electron chi connectivity index (χ1n) is 17.4. The molecule has 0 heterocycles. The van der Waals surface area contributed by atoms with Crippen LogP contribution in [0.2, 0.25) is 0 Å². The SMILES string of the molecule is CSS/C(CCOC(=O)[C@@H](N)C(C)C)=C(/C)N(C=O)CCCCCCCCCCCCN(C=O)/C(C)=C(/COC(=O)[C@@H](N)C(C)C)SSC. The lowest BCUT2D eigenvalue weighted by atomic mass is 10.1. The topological polar surface area (TPSA) is 145 Å². The molecule has 49 heavy (non-hydrogen) atoms. The van der Waals surface area contributed by atoms with Gasteiger partial charge in [-0.1, -0.05) is 122 Å². The molecule has 0 fully saturated rings. The summed E-state index contributed by atoms with van der Waals surface area (Å²) in [4.78, 5) is 53.4. The number of unbranched alkanes of at least 4 members (excludes halogenated alkanes) is 9. The Morgan fingerprint density at radius 1 is 0.633 bits per heavy atom. The van der Waals surface area contributed by atoms with E-state index >= 15 is 0 Å². The molecule has 0 aromatic rings. The van der Waals surface area contributed by atoms with Gasteiger partial charge in [0, 0.05) is 35.8 Å². The average Bonchev–Trinajstić information content (AvgIpc) is 3.08. The molecule has 0 saturated heterocycles. The minimum absolute atomic E-state index is 0.00401. The Labute approximate surface area is 312 Å². The number of amides is 2. The van der Waals surface area contributed by atoms with E-state index in [9.17, 15) is 19.2 Å². The molecule has 2 atom stereocenters. The zero-order chi connectivity index (χ0) is 37.2. The van der Waals surface area contributed by atoms with Gasteiger partial charge < -0.3 is 30.7 Å². The van der Waals surface area contributed by atoms with Gasteiger partial charge in [0.05, 0.1) is 11.5 Å². The number of carbonyl (C=O) groups is 4. The minimum atomic E-state index is -0.662. The third-order valence-electron chi connectivity index (χ3n) is 8.24. The second-order valence-corrected chi connectivity index (χ2v) is 17.7. The molecular weight excluding hydrogens is 701 g/mol. The van der Waals surface area contributed by atoms with E-state index in [1.54, 1.807) is 42.2 Å². The quantitative estimate of drug-likeness (QED) is 0.0320. The van der Waals surface area contributed by atoms with E-state index in [1.807, 2.05) is 54.1 Å². The second-order valence-electron chi connectivity index (χ2n) is 12.7. The predicted molar refractivity (Wildman–Crippen MR) is 211 cm³/mol. The summed E-state index contributed by atoms with van der Waals surface area (Å²) in [5.74, 6) is -0.799. The van der Waals surface area contributed by atoms with Gasteiger partial charge in [-0.25, -0.2) is 0 Å². The Hall–Kier alpha value is -1.32. The smallest absolute Gasteiger partial charge is 0.323 e. The largest absolute Gasteiger partial charge is 0.464 e. The van der Waals surface area contributed by atoms with Crippen molar-refractivity contribution in [3.8, 4) is 0 Å². The lowest BCUT2D eigenvalue weighted by Crippen LogP contribution is -2.37. The molecule has 14 heteroatoms. The molecular formula is C35H64N4O6S4. The average molecular weight is 765 g/mol. The minimum Gasteiger partial charge on any atom is -0.464 e. The van der Waals surface area contributed by atoms with E-state index in [1.165, 1.54) is 36.5 Å². The van der Waals surface area contributed by atoms with Gasteiger partial charge in [-0.05, 0) is 51.0 Å². The number of ether oxygens (including phenoxy) is 2. The van der Waals surface area contributed by atoms with Gasteiger partial charge in [0.2, 0.25) is 12.8 Å². The Morgan fingerprint density at radius 3 is 1.39 bits per heavy atom. The zero-order valence-corrected chi connectivity index (χ0v) is 34.5. The number of esters is 2. The van der Waals surface area contributed by atoms with Crippen molar-refractivity contribution in [2.75, 3.05) is 38.8 Å². The van der Waals surface area contributed by atoms with Crippen LogP contribution in [0.4, 0.5) is 0 Å². The van der Waals surface area contributed by atoms with Crippen molar-refractivity contribution in [1.29, 1.82) is 0 Å². The Balaban J connectivity index is 4.41. The molecule has 0 unspecified atom stereocenters. The fourth-order valence-corrected chi connectivity index (χ4v) is 8.17. The van der Waals surface area contributed by atoms with E-state index < -0.39 is 18.1 Å². The second kappa shape index (κ2) is 29.3. The highest BCUT2D eigenvalue weighted by Crippen LogP contribution is 2.34. The van der Waals surface area contributed by atoms with Gasteiger partial charge in [-0.2, -0.15) is 0 Å². The van der Waals surface area contributed by atoms with E-state index in [0.717, 1.165) is 72.5 Å². The van der Waals surface area contributed by atoms with Crippen LogP contribution >= 0.6 is 43.2 Å². The molecule has 0 aliphatic rings. The van der Waals surface area contributed by atoms with Crippen molar-refractivity contribution in [1.82, 2.24) is 9.80 Å². The van der Waals surface area contributed by atoms with Gasteiger partial charge in [0.1, 0.15) is 18.7 Å². The van der Waals surface area contributed by atoms with Crippen molar-refractivity contribution >= 4 is 67.9 Å². The van der Waals surface area contributed by atoms with Gasteiger partial charge in [0.25, 0.3) is 0 Å². The third kappa shape index (κ3) is 21.0. The molecule has 0 spiro atoms. The summed E-state index contributed by atoms with van der Waals surface area (Å²) in [6.07, 6.45) is 17.2. The number of nitrogens with two attached hydrogens (primary N) is 2. The van der Waals surface area contributed by atoms with Gasteiger partial charge in [0.15, 0.2) is 0 Å². The Morgan fingerprint density at radius 2 is 1.00 bits per heavy atom. The highest BCUT2D eigenvalue weighted by atomic mass is 33.1. The van der Waals surface area contributed by atoms with Crippen LogP contribution in [0.25, 0.3) is 0 Å². The molecule has 4 N–H and O–H groups in total. The normalized spacial score (nSPS) is 13.8. The molecule has 284 valence electrons. The number of nitrogens with zero attached hydrogens (tertiary/aromatic N) is 2. The molecule has 0 rings (SSSR count). The first-order valence-corrected chi connectivity index (χ1v) is 22.6. The number of allylic oxidation sites excluding steroid dienone is 2. The monoisotopic (exact) mass is 764 g/mol. The van der Waals surface area contributed by atoms with Crippen LogP contribution in [0.3, 0.4) is 0 Å². The zero-order valence-electron chi connectivity index (χ0n) is 31.2. The molecule has 0 radical (unpaired) electrons. The van der Waals surface area contributed by atoms with Gasteiger partial charge in [-0.15, -0.1) is 0 Å². The Kier molecular flexibility index (Phi) is 28.5. The summed E-state index contributed by atoms with van der Waals surface area (Å²) < 4.78 is 10.8. The maximum Gasteiger partial charge on any atom is 0.323 e. The standard InChI is InChI=1S/C35H64N4O6S4/c1-26(2)32(36)34(42)44-22-19-30(48-46-7)28(5)38(24-40)20-17-15-13-11-9-10-12-14-16-18-21-39(25-41)29(6)31(49-47-8)23-45-35(43)33(37)27(3)4/h24-27,32-33H,9-23,36-37H2,1-8H3/b30-28-,31-29-/t32-,33-/m0/s1.